The van der Waals surface area contributed by atoms with Gasteiger partial charge in [0.1, 0.15) is 5.82 Å². The van der Waals surface area contributed by atoms with Gasteiger partial charge in [-0.3, -0.25) is 0 Å². The van der Waals surface area contributed by atoms with Gasteiger partial charge in [-0.05, 0) is 47.6 Å². The SMILES string of the molecule is CCCCCc1ccc(C=NN=Cc2ccc(CCC)c(F)c2)cc1. The van der Waals surface area contributed by atoms with Crippen LogP contribution in [0.5, 0.6) is 0 Å². The lowest BCUT2D eigenvalue weighted by Crippen LogP contribution is -1.92. The molecule has 0 bridgehead atoms. The molecule has 0 heterocycles. The van der Waals surface area contributed by atoms with Crippen LogP contribution in [0.2, 0.25) is 0 Å². The molecule has 132 valence electrons. The molecule has 25 heavy (non-hydrogen) atoms. The highest BCUT2D eigenvalue weighted by atomic mass is 19.1. The van der Waals surface area contributed by atoms with E-state index in [0.29, 0.717) is 0 Å². The fourth-order valence-electron chi connectivity index (χ4n) is 2.67. The monoisotopic (exact) mass is 338 g/mol. The number of benzene rings is 2. The summed E-state index contributed by atoms with van der Waals surface area (Å²) in [7, 11) is 0. The first-order valence-corrected chi connectivity index (χ1v) is 9.16. The summed E-state index contributed by atoms with van der Waals surface area (Å²) in [5.41, 5.74) is 3.85. The van der Waals surface area contributed by atoms with Gasteiger partial charge in [0, 0.05) is 0 Å². The number of unbranched alkanes of at least 4 members (excludes halogenated alkanes) is 2. The van der Waals surface area contributed by atoms with Crippen molar-refractivity contribution < 1.29 is 4.39 Å². The van der Waals surface area contributed by atoms with Crippen molar-refractivity contribution in [1.82, 2.24) is 0 Å². The second-order valence-electron chi connectivity index (χ2n) is 6.29. The van der Waals surface area contributed by atoms with Gasteiger partial charge in [0.05, 0.1) is 12.4 Å². The average Bonchev–Trinajstić information content (AvgIpc) is 2.62. The van der Waals surface area contributed by atoms with Gasteiger partial charge >= 0.3 is 0 Å². The first-order valence-electron chi connectivity index (χ1n) is 9.16. The molecule has 0 saturated carbocycles. The van der Waals surface area contributed by atoms with Crippen molar-refractivity contribution in [3.8, 4) is 0 Å². The molecule has 2 aromatic rings. The maximum absolute atomic E-state index is 13.9. The summed E-state index contributed by atoms with van der Waals surface area (Å²) in [6, 6.07) is 13.6. The molecule has 0 fully saturated rings. The largest absolute Gasteiger partial charge is 0.207 e. The summed E-state index contributed by atoms with van der Waals surface area (Å²) >= 11 is 0. The van der Waals surface area contributed by atoms with Crippen molar-refractivity contribution in [2.45, 2.75) is 52.4 Å². The minimum atomic E-state index is -0.173. The molecule has 0 unspecified atom stereocenters. The van der Waals surface area contributed by atoms with Crippen LogP contribution in [0.25, 0.3) is 0 Å². The normalized spacial score (nSPS) is 11.6. The second kappa shape index (κ2) is 10.5. The summed E-state index contributed by atoms with van der Waals surface area (Å²) < 4.78 is 13.9. The Balaban J connectivity index is 1.89. The van der Waals surface area contributed by atoms with Crippen LogP contribution >= 0.6 is 0 Å². The predicted molar refractivity (Wildman–Crippen MR) is 105 cm³/mol. The van der Waals surface area contributed by atoms with Gasteiger partial charge in [0.25, 0.3) is 0 Å². The van der Waals surface area contributed by atoms with Crippen LogP contribution < -0.4 is 0 Å². The van der Waals surface area contributed by atoms with Crippen LogP contribution in [-0.2, 0) is 12.8 Å². The second-order valence-corrected chi connectivity index (χ2v) is 6.29. The molecule has 3 heteroatoms. The smallest absolute Gasteiger partial charge is 0.127 e. The number of nitrogens with zero attached hydrogens (tertiary/aromatic N) is 2. The lowest BCUT2D eigenvalue weighted by molar-refractivity contribution is 0.607. The molecule has 2 rings (SSSR count). The zero-order chi connectivity index (χ0) is 17.9. The van der Waals surface area contributed by atoms with Crippen molar-refractivity contribution in [3.63, 3.8) is 0 Å². The summed E-state index contributed by atoms with van der Waals surface area (Å²) in [4.78, 5) is 0. The standard InChI is InChI=1S/C22H27FN2/c1-3-5-6-8-18-9-11-19(12-10-18)16-24-25-17-20-13-14-21(7-4-2)22(23)15-20/h9-17H,3-8H2,1-2H3. The third kappa shape index (κ3) is 6.61. The summed E-state index contributed by atoms with van der Waals surface area (Å²) in [5.74, 6) is -0.173. The molecule has 0 aliphatic carbocycles. The van der Waals surface area contributed by atoms with Crippen LogP contribution in [0.3, 0.4) is 0 Å². The van der Waals surface area contributed by atoms with E-state index in [-0.39, 0.29) is 5.82 Å². The lowest BCUT2D eigenvalue weighted by atomic mass is 10.1. The highest BCUT2D eigenvalue weighted by Gasteiger charge is 2.01. The number of rotatable bonds is 9. The van der Waals surface area contributed by atoms with Crippen molar-refractivity contribution in [2.75, 3.05) is 0 Å². The topological polar surface area (TPSA) is 24.7 Å². The molecule has 2 aromatic carbocycles. The minimum absolute atomic E-state index is 0.173. The Morgan fingerprint density at radius 2 is 1.48 bits per heavy atom. The fourth-order valence-corrected chi connectivity index (χ4v) is 2.67. The molecule has 0 spiro atoms. The third-order valence-corrected chi connectivity index (χ3v) is 4.13. The van der Waals surface area contributed by atoms with E-state index in [1.54, 1.807) is 12.4 Å². The van der Waals surface area contributed by atoms with E-state index in [1.807, 2.05) is 19.1 Å². The van der Waals surface area contributed by atoms with Crippen molar-refractivity contribution >= 4 is 12.4 Å². The summed E-state index contributed by atoms with van der Waals surface area (Å²) in [6.45, 7) is 4.26. The quantitative estimate of drug-likeness (QED) is 0.306. The van der Waals surface area contributed by atoms with E-state index in [4.69, 9.17) is 0 Å². The van der Waals surface area contributed by atoms with Gasteiger partial charge in [0.2, 0.25) is 0 Å². The first-order chi connectivity index (χ1) is 12.2. The number of aryl methyl sites for hydroxylation is 2. The van der Waals surface area contributed by atoms with Crippen LogP contribution in [0.1, 0.15) is 61.8 Å². The highest BCUT2D eigenvalue weighted by molar-refractivity contribution is 5.82. The Hall–Kier alpha value is -2.29. The molecule has 0 saturated heterocycles. The zero-order valence-electron chi connectivity index (χ0n) is 15.2. The van der Waals surface area contributed by atoms with Crippen LogP contribution in [-0.4, -0.2) is 12.4 Å². The molecule has 0 atom stereocenters. The average molecular weight is 338 g/mol. The Bertz CT molecular complexity index is 702. The van der Waals surface area contributed by atoms with Gasteiger partial charge in [-0.1, -0.05) is 69.5 Å². The van der Waals surface area contributed by atoms with Gasteiger partial charge < -0.3 is 0 Å². The fraction of sp³-hybridized carbons (Fsp3) is 0.364. The van der Waals surface area contributed by atoms with Crippen LogP contribution in [0.15, 0.2) is 52.7 Å². The Labute approximate surface area is 150 Å². The van der Waals surface area contributed by atoms with Crippen molar-refractivity contribution in [3.05, 3.63) is 70.5 Å². The van der Waals surface area contributed by atoms with E-state index in [2.05, 4.69) is 41.4 Å². The van der Waals surface area contributed by atoms with Gasteiger partial charge in [-0.25, -0.2) is 4.39 Å². The van der Waals surface area contributed by atoms with E-state index >= 15 is 0 Å². The van der Waals surface area contributed by atoms with Gasteiger partial charge in [-0.15, -0.1) is 0 Å². The molecule has 2 nitrogen and oxygen atoms in total. The van der Waals surface area contributed by atoms with Crippen molar-refractivity contribution in [2.24, 2.45) is 10.2 Å². The maximum Gasteiger partial charge on any atom is 0.127 e. The van der Waals surface area contributed by atoms with E-state index < -0.39 is 0 Å². The Morgan fingerprint density at radius 1 is 0.800 bits per heavy atom. The van der Waals surface area contributed by atoms with E-state index in [9.17, 15) is 4.39 Å². The maximum atomic E-state index is 13.9. The molecule has 0 amide bonds. The highest BCUT2D eigenvalue weighted by Crippen LogP contribution is 2.11. The van der Waals surface area contributed by atoms with Crippen molar-refractivity contribution in [1.29, 1.82) is 0 Å². The molecule has 0 aliphatic heterocycles. The predicted octanol–water partition coefficient (Wildman–Crippen LogP) is 5.96. The number of halogens is 1. The van der Waals surface area contributed by atoms with Gasteiger partial charge in [-0.2, -0.15) is 10.2 Å². The number of hydrogen-bond donors (Lipinski definition) is 0. The zero-order valence-corrected chi connectivity index (χ0v) is 15.2. The molecule has 0 aliphatic rings. The van der Waals surface area contributed by atoms with Gasteiger partial charge in [0.15, 0.2) is 0 Å². The first kappa shape index (κ1) is 19.0. The molecular formula is C22H27FN2. The van der Waals surface area contributed by atoms with Crippen LogP contribution in [0.4, 0.5) is 4.39 Å². The molecule has 0 radical (unpaired) electrons. The summed E-state index contributed by atoms with van der Waals surface area (Å²) in [6.07, 6.45) is 9.88. The third-order valence-electron chi connectivity index (χ3n) is 4.13. The molecule has 0 aromatic heterocycles. The lowest BCUT2D eigenvalue weighted by Gasteiger charge is -2.01. The number of hydrogen-bond acceptors (Lipinski definition) is 2. The Morgan fingerprint density at radius 3 is 2.12 bits per heavy atom. The van der Waals surface area contributed by atoms with E-state index in [0.717, 1.165) is 36.0 Å². The Kier molecular flexibility index (Phi) is 8.03. The summed E-state index contributed by atoms with van der Waals surface area (Å²) in [5, 5.41) is 8.07. The van der Waals surface area contributed by atoms with E-state index in [1.165, 1.54) is 30.9 Å². The van der Waals surface area contributed by atoms with Crippen LogP contribution in [0, 0.1) is 5.82 Å². The minimum Gasteiger partial charge on any atom is -0.207 e. The molecule has 0 N–H and O–H groups in total. The molecular weight excluding hydrogens is 311 g/mol.